The third-order valence-corrected chi connectivity index (χ3v) is 15.4. The lowest BCUT2D eigenvalue weighted by atomic mass is 9.46. The number of rotatable bonds is 3. The van der Waals surface area contributed by atoms with E-state index < -0.39 is 8.32 Å². The average Bonchev–Trinajstić information content (AvgIpc) is 2.98. The van der Waals surface area contributed by atoms with Crippen molar-refractivity contribution in [2.75, 3.05) is 0 Å². The molecule has 0 bridgehead atoms. The van der Waals surface area contributed by atoms with Gasteiger partial charge in [-0.1, -0.05) is 53.5 Å². The van der Waals surface area contributed by atoms with Gasteiger partial charge in [0.1, 0.15) is 0 Å². The Labute approximate surface area is 186 Å². The number of allylic oxidation sites excluding steroid dienone is 1. The summed E-state index contributed by atoms with van der Waals surface area (Å²) in [5.41, 5.74) is 1.85. The van der Waals surface area contributed by atoms with E-state index in [1.807, 2.05) is 0 Å². The minimum absolute atomic E-state index is 0.0535. The van der Waals surface area contributed by atoms with Gasteiger partial charge in [-0.05, 0) is 92.3 Å². The lowest BCUT2D eigenvalue weighted by molar-refractivity contribution is -0.139. The van der Waals surface area contributed by atoms with Gasteiger partial charge in [0.2, 0.25) is 0 Å². The van der Waals surface area contributed by atoms with Crippen molar-refractivity contribution in [3.8, 4) is 0 Å². The van der Waals surface area contributed by atoms with Crippen LogP contribution in [0.5, 0.6) is 0 Å². The predicted molar refractivity (Wildman–Crippen MR) is 128 cm³/mol. The molecule has 3 fully saturated rings. The first kappa shape index (κ1) is 22.8. The third-order valence-electron chi connectivity index (χ3n) is 10.9. The van der Waals surface area contributed by atoms with Gasteiger partial charge in [0.15, 0.2) is 14.1 Å². The molecule has 3 heteroatoms. The summed E-state index contributed by atoms with van der Waals surface area (Å²) in [6.07, 6.45) is 12.2. The highest BCUT2D eigenvalue weighted by molar-refractivity contribution is 6.74. The molecular weight excluding hydrogens is 384 g/mol. The van der Waals surface area contributed by atoms with Crippen LogP contribution >= 0.6 is 0 Å². The molecule has 0 N–H and O–H groups in total. The molecule has 0 aromatic rings. The Morgan fingerprint density at radius 2 is 1.80 bits per heavy atom. The molecular formula is C27H46O2Si. The molecule has 0 saturated heterocycles. The summed E-state index contributed by atoms with van der Waals surface area (Å²) in [5.74, 6) is 2.57. The van der Waals surface area contributed by atoms with Crippen molar-refractivity contribution in [2.24, 2.45) is 34.5 Å². The van der Waals surface area contributed by atoms with Gasteiger partial charge in [0.25, 0.3) is 0 Å². The first-order valence-electron chi connectivity index (χ1n) is 12.8. The molecule has 2 nitrogen and oxygen atoms in total. The van der Waals surface area contributed by atoms with E-state index >= 15 is 0 Å². The zero-order chi connectivity index (χ0) is 22.1. The van der Waals surface area contributed by atoms with Crippen molar-refractivity contribution in [2.45, 2.75) is 117 Å². The molecule has 0 heterocycles. The van der Waals surface area contributed by atoms with E-state index in [0.717, 1.165) is 18.8 Å². The Morgan fingerprint density at radius 3 is 2.43 bits per heavy atom. The Morgan fingerprint density at radius 1 is 1.10 bits per heavy atom. The fourth-order valence-corrected chi connectivity index (χ4v) is 9.36. The highest BCUT2D eigenvalue weighted by atomic mass is 28.4. The van der Waals surface area contributed by atoms with Crippen LogP contribution in [0.2, 0.25) is 18.1 Å². The second-order valence-electron chi connectivity index (χ2n) is 13.1. The monoisotopic (exact) mass is 430 g/mol. The van der Waals surface area contributed by atoms with Crippen LogP contribution in [0.3, 0.4) is 0 Å². The van der Waals surface area contributed by atoms with Crippen molar-refractivity contribution in [1.82, 2.24) is 0 Å². The molecule has 170 valence electrons. The molecule has 3 saturated carbocycles. The Balaban J connectivity index is 1.72. The van der Waals surface area contributed by atoms with Crippen LogP contribution in [0.15, 0.2) is 11.6 Å². The molecule has 0 aromatic heterocycles. The average molecular weight is 431 g/mol. The maximum absolute atomic E-state index is 13.5. The van der Waals surface area contributed by atoms with Crippen LogP contribution in [-0.4, -0.2) is 20.2 Å². The van der Waals surface area contributed by atoms with Crippen LogP contribution in [0, 0.1) is 34.5 Å². The van der Waals surface area contributed by atoms with E-state index in [4.69, 9.17) is 4.43 Å². The third kappa shape index (κ3) is 3.16. The maximum atomic E-state index is 13.5. The van der Waals surface area contributed by atoms with Crippen molar-refractivity contribution < 1.29 is 9.22 Å². The minimum Gasteiger partial charge on any atom is -0.413 e. The highest BCUT2D eigenvalue weighted by Gasteiger charge is 2.62. The molecule has 0 aliphatic heterocycles. The van der Waals surface area contributed by atoms with Crippen molar-refractivity contribution >= 4 is 14.1 Å². The van der Waals surface area contributed by atoms with E-state index in [1.54, 1.807) is 0 Å². The molecule has 4 aliphatic carbocycles. The minimum atomic E-state index is -1.86. The van der Waals surface area contributed by atoms with E-state index in [2.05, 4.69) is 60.7 Å². The SMILES string of the molecule is CC[C@H]1CC[C@H]2[C@@H]3C(=O)C=C4CCCC(O[Si](C)(C)C(C)(C)C)[C@]4(C)[C@H]3CC[C@]12C. The fraction of sp³-hybridized carbons (Fsp3) is 0.889. The van der Waals surface area contributed by atoms with Crippen LogP contribution in [-0.2, 0) is 9.22 Å². The number of carbonyl (C=O) groups excluding carboxylic acids is 1. The molecule has 0 spiro atoms. The summed E-state index contributed by atoms with van der Waals surface area (Å²) in [6.45, 7) is 19.2. The zero-order valence-electron chi connectivity index (χ0n) is 20.9. The van der Waals surface area contributed by atoms with E-state index in [-0.39, 0.29) is 22.5 Å². The lowest BCUT2D eigenvalue weighted by Crippen LogP contribution is -2.59. The molecule has 1 unspecified atom stereocenters. The first-order valence-corrected chi connectivity index (χ1v) is 15.7. The summed E-state index contributed by atoms with van der Waals surface area (Å²) in [7, 11) is -1.86. The molecule has 4 rings (SSSR count). The smallest absolute Gasteiger partial charge is 0.192 e. The van der Waals surface area contributed by atoms with Crippen LogP contribution < -0.4 is 0 Å². The van der Waals surface area contributed by atoms with Gasteiger partial charge in [-0.25, -0.2) is 0 Å². The maximum Gasteiger partial charge on any atom is 0.192 e. The van der Waals surface area contributed by atoms with Gasteiger partial charge in [-0.3, -0.25) is 4.79 Å². The summed E-state index contributed by atoms with van der Waals surface area (Å²) in [5, 5.41) is 0.222. The standard InChI is InChI=1S/C27H46O2Si/c1-9-18-13-14-20-24-21(15-16-26(18,20)5)27(6)19(17-22(24)28)11-10-12-23(27)29-30(7,8)25(2,3)4/h17-18,20-21,23-24H,9-16H2,1-8H3/t18-,20-,21-,23?,24-,26+,27-/m0/s1. The second kappa shape index (κ2) is 7.30. The van der Waals surface area contributed by atoms with Crippen molar-refractivity contribution in [1.29, 1.82) is 0 Å². The Bertz CT molecular complexity index is 732. The number of hydrogen-bond acceptors (Lipinski definition) is 2. The van der Waals surface area contributed by atoms with Crippen LogP contribution in [0.1, 0.15) is 92.9 Å². The lowest BCUT2D eigenvalue weighted by Gasteiger charge is -2.60. The number of fused-ring (bicyclic) bond motifs is 5. The molecule has 0 radical (unpaired) electrons. The fourth-order valence-electron chi connectivity index (χ4n) is 7.93. The van der Waals surface area contributed by atoms with Crippen molar-refractivity contribution in [3.05, 3.63) is 11.6 Å². The molecule has 7 atom stereocenters. The topological polar surface area (TPSA) is 26.3 Å². The van der Waals surface area contributed by atoms with E-state index in [0.29, 0.717) is 23.0 Å². The zero-order valence-corrected chi connectivity index (χ0v) is 21.9. The summed E-state index contributed by atoms with van der Waals surface area (Å²) in [4.78, 5) is 13.5. The van der Waals surface area contributed by atoms with Gasteiger partial charge >= 0.3 is 0 Å². The van der Waals surface area contributed by atoms with Crippen molar-refractivity contribution in [3.63, 3.8) is 0 Å². The van der Waals surface area contributed by atoms with Gasteiger partial charge < -0.3 is 4.43 Å². The summed E-state index contributed by atoms with van der Waals surface area (Å²) < 4.78 is 7.17. The molecule has 0 aromatic carbocycles. The normalized spacial score (nSPS) is 44.2. The molecule has 4 aliphatic rings. The molecule has 30 heavy (non-hydrogen) atoms. The number of carbonyl (C=O) groups is 1. The quantitative estimate of drug-likeness (QED) is 0.432. The Kier molecular flexibility index (Phi) is 5.54. The highest BCUT2D eigenvalue weighted by Crippen LogP contribution is 2.66. The Hall–Kier alpha value is -0.413. The molecule has 0 amide bonds. The first-order chi connectivity index (χ1) is 13.9. The second-order valence-corrected chi connectivity index (χ2v) is 17.8. The van der Waals surface area contributed by atoms with Gasteiger partial charge in [0.05, 0.1) is 6.10 Å². The van der Waals surface area contributed by atoms with Gasteiger partial charge in [-0.15, -0.1) is 0 Å². The van der Waals surface area contributed by atoms with Crippen LogP contribution in [0.4, 0.5) is 0 Å². The van der Waals surface area contributed by atoms with E-state index in [1.165, 1.54) is 44.1 Å². The van der Waals surface area contributed by atoms with Gasteiger partial charge in [0, 0.05) is 11.3 Å². The largest absolute Gasteiger partial charge is 0.413 e. The number of ketones is 1. The van der Waals surface area contributed by atoms with Gasteiger partial charge in [-0.2, -0.15) is 0 Å². The van der Waals surface area contributed by atoms with E-state index in [9.17, 15) is 4.79 Å². The van der Waals surface area contributed by atoms with Crippen LogP contribution in [0.25, 0.3) is 0 Å². The predicted octanol–water partition coefficient (Wildman–Crippen LogP) is 7.54. The number of hydrogen-bond donors (Lipinski definition) is 0. The summed E-state index contributed by atoms with van der Waals surface area (Å²) >= 11 is 0. The summed E-state index contributed by atoms with van der Waals surface area (Å²) in [6, 6.07) is 0.